The number of piperidine rings is 1. The van der Waals surface area contributed by atoms with Crippen LogP contribution < -0.4 is 16.6 Å². The number of rotatable bonds is 4. The Labute approximate surface area is 120 Å². The second-order valence-electron chi connectivity index (χ2n) is 5.12. The van der Waals surface area contributed by atoms with E-state index in [-0.39, 0.29) is 17.8 Å². The lowest BCUT2D eigenvalue weighted by Gasteiger charge is -2.32. The van der Waals surface area contributed by atoms with E-state index in [0.717, 1.165) is 31.9 Å². The van der Waals surface area contributed by atoms with Crippen LogP contribution in [-0.2, 0) is 6.18 Å². The van der Waals surface area contributed by atoms with Gasteiger partial charge in [-0.1, -0.05) is 6.42 Å². The first kappa shape index (κ1) is 15.8. The van der Waals surface area contributed by atoms with Gasteiger partial charge in [0.25, 0.3) is 0 Å². The summed E-state index contributed by atoms with van der Waals surface area (Å²) >= 11 is 0. The van der Waals surface area contributed by atoms with Crippen molar-refractivity contribution in [2.24, 2.45) is 5.84 Å². The van der Waals surface area contributed by atoms with Gasteiger partial charge in [-0.2, -0.15) is 18.2 Å². The van der Waals surface area contributed by atoms with E-state index in [1.54, 1.807) is 0 Å². The lowest BCUT2D eigenvalue weighted by atomic mass is 10.0. The van der Waals surface area contributed by atoms with E-state index in [9.17, 15) is 13.2 Å². The zero-order valence-electron chi connectivity index (χ0n) is 11.7. The van der Waals surface area contributed by atoms with Gasteiger partial charge in [0.2, 0.25) is 5.95 Å². The quantitative estimate of drug-likeness (QED) is 0.580. The van der Waals surface area contributed by atoms with Gasteiger partial charge in [-0.05, 0) is 26.4 Å². The van der Waals surface area contributed by atoms with Crippen LogP contribution in [-0.4, -0.2) is 41.0 Å². The summed E-state index contributed by atoms with van der Waals surface area (Å²) in [6, 6.07) is 1.18. The van der Waals surface area contributed by atoms with Gasteiger partial charge in [-0.15, -0.1) is 0 Å². The zero-order chi connectivity index (χ0) is 15.5. The molecule has 1 atom stereocenters. The lowest BCUT2D eigenvalue weighted by Crippen LogP contribution is -2.40. The van der Waals surface area contributed by atoms with Gasteiger partial charge in [-0.3, -0.25) is 5.43 Å². The SMILES string of the molecule is CN1CCCCC1CNc1cc(C(F)(F)F)nc(NN)n1. The first-order valence-corrected chi connectivity index (χ1v) is 6.77. The number of alkyl halides is 3. The Morgan fingerprint density at radius 3 is 2.76 bits per heavy atom. The van der Waals surface area contributed by atoms with Crippen molar-refractivity contribution in [2.75, 3.05) is 30.9 Å². The van der Waals surface area contributed by atoms with Crippen LogP contribution in [0.25, 0.3) is 0 Å². The number of halogens is 3. The topological polar surface area (TPSA) is 79.1 Å². The van der Waals surface area contributed by atoms with Crippen LogP contribution in [0.2, 0.25) is 0 Å². The van der Waals surface area contributed by atoms with Crippen LogP contribution in [0.3, 0.4) is 0 Å². The predicted octanol–water partition coefficient (Wildman–Crippen LogP) is 1.68. The third-order valence-corrected chi connectivity index (χ3v) is 3.59. The Kier molecular flexibility index (Phi) is 4.84. The van der Waals surface area contributed by atoms with Crippen LogP contribution in [0.1, 0.15) is 25.0 Å². The molecule has 9 heteroatoms. The molecule has 1 fully saturated rings. The van der Waals surface area contributed by atoms with Gasteiger partial charge in [-0.25, -0.2) is 10.8 Å². The molecule has 4 N–H and O–H groups in total. The fraction of sp³-hybridized carbons (Fsp3) is 0.667. The van der Waals surface area contributed by atoms with E-state index >= 15 is 0 Å². The standard InChI is InChI=1S/C12H19F3N6/c1-21-5-3-2-4-8(21)7-17-10-6-9(12(13,14)15)18-11(19-10)20-16/h6,8H,2-5,7,16H2,1H3,(H2,17,18,19,20). The normalized spacial score (nSPS) is 20.3. The minimum atomic E-state index is -4.54. The fourth-order valence-corrected chi connectivity index (χ4v) is 2.37. The Balaban J connectivity index is 2.08. The number of nitrogen functional groups attached to an aromatic ring is 1. The van der Waals surface area contributed by atoms with Crippen molar-refractivity contribution < 1.29 is 13.2 Å². The molecule has 1 aliphatic rings. The molecule has 0 radical (unpaired) electrons. The Bertz CT molecular complexity index is 479. The summed E-state index contributed by atoms with van der Waals surface area (Å²) in [7, 11) is 2.01. The van der Waals surface area contributed by atoms with Gasteiger partial charge in [0, 0.05) is 18.7 Å². The molecule has 1 saturated heterocycles. The van der Waals surface area contributed by atoms with Crippen molar-refractivity contribution in [3.63, 3.8) is 0 Å². The van der Waals surface area contributed by atoms with Crippen LogP contribution in [0.4, 0.5) is 24.9 Å². The van der Waals surface area contributed by atoms with Crippen molar-refractivity contribution in [1.82, 2.24) is 14.9 Å². The highest BCUT2D eigenvalue weighted by Crippen LogP contribution is 2.29. The van der Waals surface area contributed by atoms with Crippen molar-refractivity contribution in [1.29, 1.82) is 0 Å². The van der Waals surface area contributed by atoms with Crippen LogP contribution in [0.5, 0.6) is 0 Å². The summed E-state index contributed by atoms with van der Waals surface area (Å²) in [6.45, 7) is 1.54. The highest BCUT2D eigenvalue weighted by molar-refractivity contribution is 5.42. The first-order valence-electron chi connectivity index (χ1n) is 6.77. The minimum Gasteiger partial charge on any atom is -0.368 e. The van der Waals surface area contributed by atoms with E-state index in [1.165, 1.54) is 0 Å². The van der Waals surface area contributed by atoms with Gasteiger partial charge in [0.15, 0.2) is 5.69 Å². The number of aromatic nitrogens is 2. The molecule has 0 aromatic carbocycles. The Hall–Kier alpha value is -1.61. The second-order valence-corrected chi connectivity index (χ2v) is 5.12. The summed E-state index contributed by atoms with van der Waals surface area (Å²) in [4.78, 5) is 9.41. The summed E-state index contributed by atoms with van der Waals surface area (Å²) in [5.41, 5.74) is 1.03. The minimum absolute atomic E-state index is 0.115. The van der Waals surface area contributed by atoms with Crippen molar-refractivity contribution >= 4 is 11.8 Å². The average Bonchev–Trinajstić information content (AvgIpc) is 2.45. The van der Waals surface area contributed by atoms with Crippen LogP contribution >= 0.6 is 0 Å². The molecule has 2 rings (SSSR count). The van der Waals surface area contributed by atoms with E-state index in [0.29, 0.717) is 6.54 Å². The van der Waals surface area contributed by atoms with Crippen LogP contribution in [0, 0.1) is 0 Å². The van der Waals surface area contributed by atoms with Gasteiger partial charge >= 0.3 is 6.18 Å². The second kappa shape index (κ2) is 6.44. The monoisotopic (exact) mass is 304 g/mol. The molecule has 0 aliphatic carbocycles. The first-order chi connectivity index (χ1) is 9.90. The van der Waals surface area contributed by atoms with E-state index in [1.807, 2.05) is 7.05 Å². The molecule has 1 aliphatic heterocycles. The molecular weight excluding hydrogens is 285 g/mol. The van der Waals surface area contributed by atoms with Crippen LogP contribution in [0.15, 0.2) is 6.07 Å². The highest BCUT2D eigenvalue weighted by atomic mass is 19.4. The molecule has 1 aromatic heterocycles. The summed E-state index contributed by atoms with van der Waals surface area (Å²) in [6.07, 6.45) is -1.24. The van der Waals surface area contributed by atoms with E-state index < -0.39 is 11.9 Å². The number of nitrogens with two attached hydrogens (primary N) is 1. The maximum absolute atomic E-state index is 12.7. The molecule has 0 amide bonds. The molecule has 21 heavy (non-hydrogen) atoms. The third kappa shape index (κ3) is 4.18. The smallest absolute Gasteiger partial charge is 0.368 e. The Morgan fingerprint density at radius 2 is 2.14 bits per heavy atom. The molecule has 0 spiro atoms. The largest absolute Gasteiger partial charge is 0.433 e. The summed E-state index contributed by atoms with van der Waals surface area (Å²) < 4.78 is 38.2. The molecule has 6 nitrogen and oxygen atoms in total. The number of anilines is 2. The van der Waals surface area contributed by atoms with Crippen molar-refractivity contribution in [3.05, 3.63) is 11.8 Å². The zero-order valence-corrected chi connectivity index (χ0v) is 11.7. The number of likely N-dealkylation sites (N-methyl/N-ethyl adjacent to an activating group) is 1. The number of nitrogens with one attached hydrogen (secondary N) is 2. The van der Waals surface area contributed by atoms with Gasteiger partial charge in [0.1, 0.15) is 5.82 Å². The molecule has 1 unspecified atom stereocenters. The number of likely N-dealkylation sites (tertiary alicyclic amines) is 1. The molecule has 0 saturated carbocycles. The third-order valence-electron chi connectivity index (χ3n) is 3.59. The number of hydrogen-bond donors (Lipinski definition) is 3. The van der Waals surface area contributed by atoms with Crippen molar-refractivity contribution in [2.45, 2.75) is 31.5 Å². The molecular formula is C12H19F3N6. The summed E-state index contributed by atoms with van der Waals surface area (Å²) in [5, 5.41) is 2.94. The molecule has 1 aromatic rings. The van der Waals surface area contributed by atoms with Gasteiger partial charge in [0.05, 0.1) is 0 Å². The predicted molar refractivity (Wildman–Crippen MR) is 73.6 cm³/mol. The highest BCUT2D eigenvalue weighted by Gasteiger charge is 2.33. The Morgan fingerprint density at radius 1 is 1.38 bits per heavy atom. The number of nitrogens with zero attached hydrogens (tertiary/aromatic N) is 3. The molecule has 118 valence electrons. The fourth-order valence-electron chi connectivity index (χ4n) is 2.37. The number of hydrogen-bond acceptors (Lipinski definition) is 6. The van der Waals surface area contributed by atoms with Gasteiger partial charge < -0.3 is 10.2 Å². The molecule has 2 heterocycles. The van der Waals surface area contributed by atoms with E-state index in [2.05, 4.69) is 25.6 Å². The molecule has 0 bridgehead atoms. The van der Waals surface area contributed by atoms with E-state index in [4.69, 9.17) is 5.84 Å². The summed E-state index contributed by atoms with van der Waals surface area (Å²) in [5.74, 6) is 4.97. The average molecular weight is 304 g/mol. The lowest BCUT2D eigenvalue weighted by molar-refractivity contribution is -0.141. The number of hydrazine groups is 1. The maximum Gasteiger partial charge on any atom is 0.433 e. The maximum atomic E-state index is 12.7. The van der Waals surface area contributed by atoms with Crippen molar-refractivity contribution in [3.8, 4) is 0 Å².